The van der Waals surface area contributed by atoms with Gasteiger partial charge in [0.1, 0.15) is 0 Å². The topological polar surface area (TPSA) is 84.2 Å². The maximum atomic E-state index is 11.2. The van der Waals surface area contributed by atoms with Gasteiger partial charge < -0.3 is 16.4 Å². The molecule has 4 N–H and O–H groups in total. The van der Waals surface area contributed by atoms with Gasteiger partial charge in [-0.25, -0.2) is 0 Å². The monoisotopic (exact) mass is 313 g/mol. The third-order valence-electron chi connectivity index (χ3n) is 2.98. The van der Waals surface area contributed by atoms with Crippen LogP contribution < -0.4 is 16.4 Å². The van der Waals surface area contributed by atoms with Crippen molar-refractivity contribution in [3.05, 3.63) is 59.7 Å². The van der Waals surface area contributed by atoms with E-state index in [-0.39, 0.29) is 5.78 Å². The predicted octanol–water partition coefficient (Wildman–Crippen LogP) is 2.80. The van der Waals surface area contributed by atoms with Crippen molar-refractivity contribution >= 4 is 40.4 Å². The van der Waals surface area contributed by atoms with Gasteiger partial charge in [0, 0.05) is 22.5 Å². The van der Waals surface area contributed by atoms with Gasteiger partial charge in [0.05, 0.1) is 0 Å². The Bertz CT molecular complexity index is 648. The molecule has 0 aliphatic carbocycles. The number of hydrogen-bond donors (Lipinski definition) is 3. The van der Waals surface area contributed by atoms with E-state index in [9.17, 15) is 9.59 Å². The molecule has 0 aromatic heterocycles. The highest BCUT2D eigenvalue weighted by Crippen LogP contribution is 2.12. The molecule has 2 aromatic rings. The lowest BCUT2D eigenvalue weighted by Gasteiger charge is -2.11. The molecule has 0 fully saturated rings. The van der Waals surface area contributed by atoms with Gasteiger partial charge in [0.25, 0.3) is 0 Å². The number of thiocarbonyl (C=S) groups is 1. The van der Waals surface area contributed by atoms with Gasteiger partial charge in [0.15, 0.2) is 10.9 Å². The minimum atomic E-state index is -0.474. The highest BCUT2D eigenvalue weighted by molar-refractivity contribution is 7.80. The van der Waals surface area contributed by atoms with Crippen molar-refractivity contribution in [3.8, 4) is 0 Å². The molecule has 0 unspecified atom stereocenters. The van der Waals surface area contributed by atoms with Gasteiger partial charge >= 0.3 is 0 Å². The summed E-state index contributed by atoms with van der Waals surface area (Å²) in [4.78, 5) is 22.2. The van der Waals surface area contributed by atoms with Crippen LogP contribution in [0.5, 0.6) is 0 Å². The highest BCUT2D eigenvalue weighted by atomic mass is 32.1. The zero-order valence-electron chi connectivity index (χ0n) is 11.9. The molecule has 0 bridgehead atoms. The van der Waals surface area contributed by atoms with Crippen molar-refractivity contribution in [2.45, 2.75) is 6.92 Å². The lowest BCUT2D eigenvalue weighted by molar-refractivity contribution is 0.0996. The Hall–Kier alpha value is -2.73. The summed E-state index contributed by atoms with van der Waals surface area (Å²) < 4.78 is 0. The molecule has 0 spiro atoms. The van der Waals surface area contributed by atoms with Crippen LogP contribution in [0.3, 0.4) is 0 Å². The van der Waals surface area contributed by atoms with Gasteiger partial charge in [-0.05, 0) is 67.7 Å². The standard InChI is InChI=1S/C16H15N3O2S/c1-10(20)11-2-6-13(7-3-11)18-16(22)19-14-8-4-12(5-9-14)15(17)21/h2-9H,1H3,(H2,17,21)(H2,18,19,22). The molecule has 0 heterocycles. The molecule has 6 heteroatoms. The quantitative estimate of drug-likeness (QED) is 0.597. The molecule has 0 saturated heterocycles. The Kier molecular flexibility index (Phi) is 4.85. The molecule has 0 aliphatic rings. The zero-order valence-corrected chi connectivity index (χ0v) is 12.7. The van der Waals surface area contributed by atoms with Crippen LogP contribution in [0, 0.1) is 0 Å². The molecule has 2 aromatic carbocycles. The Morgan fingerprint density at radius 3 is 1.64 bits per heavy atom. The van der Waals surface area contributed by atoms with Crippen molar-refractivity contribution in [3.63, 3.8) is 0 Å². The highest BCUT2D eigenvalue weighted by Gasteiger charge is 2.03. The lowest BCUT2D eigenvalue weighted by Crippen LogP contribution is -2.19. The number of Topliss-reactive ketones (excluding diaryl/α,β-unsaturated/α-hetero) is 1. The molecular weight excluding hydrogens is 298 g/mol. The molecule has 1 amide bonds. The van der Waals surface area contributed by atoms with Crippen LogP contribution in [0.1, 0.15) is 27.6 Å². The second kappa shape index (κ2) is 6.82. The summed E-state index contributed by atoms with van der Waals surface area (Å²) in [7, 11) is 0. The van der Waals surface area contributed by atoms with E-state index >= 15 is 0 Å². The fourth-order valence-corrected chi connectivity index (χ4v) is 2.04. The summed E-state index contributed by atoms with van der Waals surface area (Å²) in [6, 6.07) is 13.7. The fraction of sp³-hybridized carbons (Fsp3) is 0.0625. The first kappa shape index (κ1) is 15.7. The van der Waals surface area contributed by atoms with E-state index in [0.29, 0.717) is 16.2 Å². The molecule has 0 aliphatic heterocycles. The van der Waals surface area contributed by atoms with E-state index in [2.05, 4.69) is 10.6 Å². The minimum absolute atomic E-state index is 0.0155. The van der Waals surface area contributed by atoms with Crippen molar-refractivity contribution in [1.82, 2.24) is 0 Å². The maximum absolute atomic E-state index is 11.2. The zero-order chi connectivity index (χ0) is 16.1. The SMILES string of the molecule is CC(=O)c1ccc(NC(=S)Nc2ccc(C(N)=O)cc2)cc1. The fourth-order valence-electron chi connectivity index (χ4n) is 1.80. The molecule has 5 nitrogen and oxygen atoms in total. The van der Waals surface area contributed by atoms with Crippen LogP contribution in [-0.2, 0) is 0 Å². The molecular formula is C16H15N3O2S. The number of rotatable bonds is 4. The lowest BCUT2D eigenvalue weighted by atomic mass is 10.1. The summed E-state index contributed by atoms with van der Waals surface area (Å²) in [5.41, 5.74) is 7.77. The molecule has 112 valence electrons. The van der Waals surface area contributed by atoms with Gasteiger partial charge in [-0.15, -0.1) is 0 Å². The minimum Gasteiger partial charge on any atom is -0.366 e. The van der Waals surface area contributed by atoms with E-state index < -0.39 is 5.91 Å². The number of nitrogens with one attached hydrogen (secondary N) is 2. The number of hydrogen-bond acceptors (Lipinski definition) is 3. The van der Waals surface area contributed by atoms with Gasteiger partial charge in [-0.2, -0.15) is 0 Å². The van der Waals surface area contributed by atoms with E-state index in [1.165, 1.54) is 6.92 Å². The first-order valence-corrected chi connectivity index (χ1v) is 6.95. The van der Waals surface area contributed by atoms with Gasteiger partial charge in [-0.1, -0.05) is 0 Å². The summed E-state index contributed by atoms with van der Waals surface area (Å²) in [5, 5.41) is 6.41. The van der Waals surface area contributed by atoms with E-state index in [0.717, 1.165) is 11.4 Å². The second-order valence-corrected chi connectivity index (χ2v) is 5.06. The van der Waals surface area contributed by atoms with Gasteiger partial charge in [-0.3, -0.25) is 9.59 Å². The van der Waals surface area contributed by atoms with E-state index in [1.54, 1.807) is 48.5 Å². The first-order chi connectivity index (χ1) is 10.5. The van der Waals surface area contributed by atoms with Crippen LogP contribution in [0.4, 0.5) is 11.4 Å². The number of nitrogens with two attached hydrogens (primary N) is 1. The number of carbonyl (C=O) groups excluding carboxylic acids is 2. The Labute approximate surface area is 133 Å². The summed E-state index contributed by atoms with van der Waals surface area (Å²) in [5.74, 6) is -0.459. The Morgan fingerprint density at radius 1 is 0.864 bits per heavy atom. The van der Waals surface area contributed by atoms with Crippen LogP contribution in [0.2, 0.25) is 0 Å². The predicted molar refractivity (Wildman–Crippen MR) is 91.2 cm³/mol. The normalized spacial score (nSPS) is 9.86. The van der Waals surface area contributed by atoms with Gasteiger partial charge in [0.2, 0.25) is 5.91 Å². The van der Waals surface area contributed by atoms with Crippen molar-refractivity contribution in [1.29, 1.82) is 0 Å². The number of amides is 1. The number of anilines is 2. The molecule has 22 heavy (non-hydrogen) atoms. The number of primary amides is 1. The average Bonchev–Trinajstić information content (AvgIpc) is 2.48. The first-order valence-electron chi connectivity index (χ1n) is 6.54. The number of ketones is 1. The van der Waals surface area contributed by atoms with Crippen LogP contribution >= 0.6 is 12.2 Å². The van der Waals surface area contributed by atoms with E-state index in [1.807, 2.05) is 0 Å². The molecule has 0 atom stereocenters. The summed E-state index contributed by atoms with van der Waals surface area (Å²) >= 11 is 5.21. The molecule has 2 rings (SSSR count). The number of benzene rings is 2. The smallest absolute Gasteiger partial charge is 0.248 e. The maximum Gasteiger partial charge on any atom is 0.248 e. The average molecular weight is 313 g/mol. The Morgan fingerprint density at radius 2 is 1.27 bits per heavy atom. The van der Waals surface area contributed by atoms with Crippen LogP contribution in [0.15, 0.2) is 48.5 Å². The Balaban J connectivity index is 1.97. The summed E-state index contributed by atoms with van der Waals surface area (Å²) in [6.45, 7) is 1.52. The molecule has 0 saturated carbocycles. The van der Waals surface area contributed by atoms with Crippen molar-refractivity contribution < 1.29 is 9.59 Å². The molecule has 0 radical (unpaired) electrons. The number of carbonyl (C=O) groups is 2. The second-order valence-electron chi connectivity index (χ2n) is 4.65. The third kappa shape index (κ3) is 4.13. The third-order valence-corrected chi connectivity index (χ3v) is 3.18. The van der Waals surface area contributed by atoms with E-state index in [4.69, 9.17) is 18.0 Å². The van der Waals surface area contributed by atoms with Crippen molar-refractivity contribution in [2.75, 3.05) is 10.6 Å². The van der Waals surface area contributed by atoms with Crippen LogP contribution in [-0.4, -0.2) is 16.8 Å². The largest absolute Gasteiger partial charge is 0.366 e. The van der Waals surface area contributed by atoms with Crippen LogP contribution in [0.25, 0.3) is 0 Å². The summed E-state index contributed by atoms with van der Waals surface area (Å²) in [6.07, 6.45) is 0. The van der Waals surface area contributed by atoms with Crippen molar-refractivity contribution in [2.24, 2.45) is 5.73 Å².